The monoisotopic (exact) mass is 668 g/mol. The van der Waals surface area contributed by atoms with Gasteiger partial charge in [-0.3, -0.25) is 14.6 Å². The van der Waals surface area contributed by atoms with Crippen molar-refractivity contribution in [1.82, 2.24) is 25.0 Å². The number of fused-ring (bicyclic) bond motifs is 1. The predicted molar refractivity (Wildman–Crippen MR) is 173 cm³/mol. The molecular formula is C31H30Cl2N6O5S. The van der Waals surface area contributed by atoms with E-state index in [0.29, 0.717) is 44.0 Å². The maximum absolute atomic E-state index is 13.9. The number of nitrogens with zero attached hydrogens (tertiary/aromatic N) is 4. The van der Waals surface area contributed by atoms with Crippen LogP contribution < -0.4 is 15.2 Å². The van der Waals surface area contributed by atoms with Crippen LogP contribution in [-0.4, -0.2) is 59.3 Å². The van der Waals surface area contributed by atoms with Gasteiger partial charge in [0.25, 0.3) is 5.91 Å². The minimum absolute atomic E-state index is 0.00926. The first-order valence-electron chi connectivity index (χ1n) is 13.9. The van der Waals surface area contributed by atoms with Crippen LogP contribution in [0.15, 0.2) is 66.9 Å². The molecule has 4 aromatic rings. The number of carbonyl (C=O) groups is 2. The van der Waals surface area contributed by atoms with Crippen LogP contribution in [0.4, 0.5) is 0 Å². The van der Waals surface area contributed by atoms with E-state index in [1.54, 1.807) is 67.4 Å². The number of aromatic nitrogens is 3. The molecule has 0 saturated carbocycles. The van der Waals surface area contributed by atoms with Gasteiger partial charge in [-0.05, 0) is 66.6 Å². The third-order valence-electron chi connectivity index (χ3n) is 7.24. The van der Waals surface area contributed by atoms with Gasteiger partial charge in [-0.15, -0.1) is 0 Å². The molecule has 0 bridgehead atoms. The minimum atomic E-state index is -3.87. The first-order valence-corrected chi connectivity index (χ1v) is 16.3. The Balaban J connectivity index is 1.66. The maximum Gasteiger partial charge on any atom is 0.272 e. The van der Waals surface area contributed by atoms with E-state index in [9.17, 15) is 18.0 Å². The van der Waals surface area contributed by atoms with Crippen molar-refractivity contribution in [3.63, 3.8) is 0 Å². The van der Waals surface area contributed by atoms with Crippen molar-refractivity contribution in [1.29, 1.82) is 0 Å². The lowest BCUT2D eigenvalue weighted by Gasteiger charge is -2.30. The Labute approximate surface area is 270 Å². The number of pyridine rings is 1. The van der Waals surface area contributed by atoms with E-state index in [4.69, 9.17) is 38.2 Å². The highest BCUT2D eigenvalue weighted by Gasteiger charge is 2.34. The number of ether oxygens (including phenoxy) is 1. The molecule has 0 spiro atoms. The molecule has 45 heavy (non-hydrogen) atoms. The number of methoxy groups -OCH3 is 1. The van der Waals surface area contributed by atoms with Crippen LogP contribution in [0.2, 0.25) is 10.0 Å². The fraction of sp³-hybridized carbons (Fsp3) is 0.226. The van der Waals surface area contributed by atoms with Crippen LogP contribution in [0.3, 0.4) is 0 Å². The molecule has 3 N–H and O–H groups in total. The molecule has 14 heteroatoms. The Morgan fingerprint density at radius 3 is 2.51 bits per heavy atom. The molecule has 234 valence electrons. The molecule has 0 unspecified atom stereocenters. The zero-order valence-electron chi connectivity index (χ0n) is 24.4. The summed E-state index contributed by atoms with van der Waals surface area (Å²) >= 11 is 12.8. The van der Waals surface area contributed by atoms with E-state index < -0.39 is 33.6 Å². The average molecular weight is 670 g/mol. The zero-order valence-corrected chi connectivity index (χ0v) is 26.7. The molecule has 2 aromatic carbocycles. The van der Waals surface area contributed by atoms with Crippen LogP contribution in [0, 0.1) is 0 Å². The summed E-state index contributed by atoms with van der Waals surface area (Å²) in [4.78, 5) is 33.0. The van der Waals surface area contributed by atoms with E-state index in [1.807, 2.05) is 24.3 Å². The van der Waals surface area contributed by atoms with Gasteiger partial charge in [-0.25, -0.2) is 18.2 Å². The summed E-state index contributed by atoms with van der Waals surface area (Å²) in [6.45, 7) is 1.90. The number of hydrogen-bond donors (Lipinski definition) is 2. The fourth-order valence-electron chi connectivity index (χ4n) is 5.02. The molecular weight excluding hydrogens is 639 g/mol. The van der Waals surface area contributed by atoms with Crippen molar-refractivity contribution in [2.75, 3.05) is 19.4 Å². The average Bonchev–Trinajstić information content (AvgIpc) is 3.40. The quantitative estimate of drug-likeness (QED) is 0.264. The number of nitrogens with two attached hydrogens (primary N) is 1. The predicted octanol–water partition coefficient (Wildman–Crippen LogP) is 4.64. The van der Waals surface area contributed by atoms with Gasteiger partial charge in [0.05, 0.1) is 47.5 Å². The molecule has 0 saturated heterocycles. The highest BCUT2D eigenvalue weighted by atomic mass is 35.5. The smallest absolute Gasteiger partial charge is 0.272 e. The van der Waals surface area contributed by atoms with Gasteiger partial charge in [0.15, 0.2) is 5.69 Å². The first-order chi connectivity index (χ1) is 21.4. The topological polar surface area (TPSA) is 150 Å². The van der Waals surface area contributed by atoms with E-state index in [0.717, 1.165) is 5.56 Å². The second-order valence-electron chi connectivity index (χ2n) is 10.4. The highest BCUT2D eigenvalue weighted by Crippen LogP contribution is 2.36. The second-order valence-corrected chi connectivity index (χ2v) is 13.0. The van der Waals surface area contributed by atoms with Gasteiger partial charge in [0, 0.05) is 29.7 Å². The van der Waals surface area contributed by atoms with Crippen molar-refractivity contribution in [3.8, 4) is 11.4 Å². The maximum atomic E-state index is 13.9. The molecule has 0 aliphatic carbocycles. The fourth-order valence-corrected chi connectivity index (χ4v) is 5.97. The summed E-state index contributed by atoms with van der Waals surface area (Å²) < 4.78 is 30.2. The minimum Gasteiger partial charge on any atom is -0.497 e. The number of sulfonamides is 1. The molecule has 11 nitrogen and oxygen atoms in total. The summed E-state index contributed by atoms with van der Waals surface area (Å²) in [5.74, 6) is -0.779. The van der Waals surface area contributed by atoms with Gasteiger partial charge in [0.1, 0.15) is 5.75 Å². The molecule has 2 aromatic heterocycles. The van der Waals surface area contributed by atoms with Crippen LogP contribution in [0.25, 0.3) is 17.3 Å². The zero-order chi connectivity index (χ0) is 32.3. The van der Waals surface area contributed by atoms with Crippen molar-refractivity contribution in [3.05, 3.63) is 105 Å². The van der Waals surface area contributed by atoms with Crippen molar-refractivity contribution >= 4 is 56.7 Å². The van der Waals surface area contributed by atoms with Crippen LogP contribution >= 0.6 is 23.2 Å². The number of amides is 2. The van der Waals surface area contributed by atoms with E-state index in [-0.39, 0.29) is 25.2 Å². The number of hydrogen-bond acceptors (Lipinski definition) is 7. The van der Waals surface area contributed by atoms with Gasteiger partial charge < -0.3 is 15.0 Å². The lowest BCUT2D eigenvalue weighted by molar-refractivity contribution is -0.130. The number of nitrogens with one attached hydrogen (secondary N) is 1. The SMILES string of the molecule is COc1ccc(/C=C2\CN(C(=O)CCS(N)(=O)=O)Cc3c(C(=O)N[C@H](C)c4ccccn4)nn(-c4ccc(Cl)cc4Cl)c32)cc1. The normalized spacial score (nSPS) is 14.6. The highest BCUT2D eigenvalue weighted by molar-refractivity contribution is 7.89. The molecule has 3 heterocycles. The Kier molecular flexibility index (Phi) is 9.59. The van der Waals surface area contributed by atoms with E-state index in [1.165, 1.54) is 4.90 Å². The molecule has 1 aliphatic heterocycles. The van der Waals surface area contributed by atoms with Crippen LogP contribution in [0.1, 0.15) is 52.4 Å². The molecule has 0 radical (unpaired) electrons. The summed E-state index contributed by atoms with van der Waals surface area (Å²) in [6.07, 6.45) is 3.19. The Hall–Kier alpha value is -4.23. The summed E-state index contributed by atoms with van der Waals surface area (Å²) in [5, 5.41) is 13.6. The molecule has 1 atom stereocenters. The Morgan fingerprint density at radius 2 is 1.87 bits per heavy atom. The molecule has 2 amide bonds. The molecule has 1 aliphatic rings. The second kappa shape index (κ2) is 13.4. The lowest BCUT2D eigenvalue weighted by atomic mass is 9.97. The van der Waals surface area contributed by atoms with E-state index in [2.05, 4.69) is 10.3 Å². The number of benzene rings is 2. The summed E-state index contributed by atoms with van der Waals surface area (Å²) in [6, 6.07) is 17.2. The standard InChI is InChI=1S/C31H30Cl2N6O5S/c1-19(26-5-3-4-13-35-26)36-31(41)29-24-18-38(28(40)12-14-45(34,42)43)17-21(15-20-6-9-23(44-2)10-7-20)30(24)39(37-29)27-11-8-22(32)16-25(27)33/h3-11,13,15-16,19H,12,14,17-18H2,1-2H3,(H,36,41)(H2,34,42,43)/b21-15+/t19-/m1/s1. The third kappa shape index (κ3) is 7.54. The Bertz CT molecular complexity index is 1880. The summed E-state index contributed by atoms with van der Waals surface area (Å²) in [5.41, 5.74) is 3.66. The van der Waals surface area contributed by atoms with Crippen LogP contribution in [-0.2, 0) is 21.4 Å². The first kappa shape index (κ1) is 32.2. The number of carbonyl (C=O) groups excluding carboxylic acids is 2. The van der Waals surface area contributed by atoms with Gasteiger partial charge in [-0.1, -0.05) is 41.4 Å². The van der Waals surface area contributed by atoms with Gasteiger partial charge in [0.2, 0.25) is 15.9 Å². The van der Waals surface area contributed by atoms with Crippen molar-refractivity contribution in [2.45, 2.75) is 25.9 Å². The van der Waals surface area contributed by atoms with Crippen molar-refractivity contribution < 1.29 is 22.7 Å². The van der Waals surface area contributed by atoms with Gasteiger partial charge in [-0.2, -0.15) is 5.10 Å². The third-order valence-corrected chi connectivity index (χ3v) is 8.55. The number of rotatable bonds is 9. The number of halogens is 2. The Morgan fingerprint density at radius 1 is 1.11 bits per heavy atom. The van der Waals surface area contributed by atoms with Crippen LogP contribution in [0.5, 0.6) is 5.75 Å². The number of primary sulfonamides is 1. The van der Waals surface area contributed by atoms with E-state index >= 15 is 0 Å². The largest absolute Gasteiger partial charge is 0.497 e. The lowest BCUT2D eigenvalue weighted by Crippen LogP contribution is -2.38. The van der Waals surface area contributed by atoms with Crippen molar-refractivity contribution in [2.24, 2.45) is 5.14 Å². The molecule has 5 rings (SSSR count). The van der Waals surface area contributed by atoms with Gasteiger partial charge >= 0.3 is 0 Å². The molecule has 0 fully saturated rings. The summed E-state index contributed by atoms with van der Waals surface area (Å²) in [7, 11) is -2.30.